The van der Waals surface area contributed by atoms with Crippen molar-refractivity contribution in [1.29, 1.82) is 5.26 Å². The molecule has 0 heterocycles. The molecule has 2 heteroatoms. The average molecular weight is 172 g/mol. The molecule has 0 aliphatic carbocycles. The molecule has 0 atom stereocenters. The molecule has 0 aliphatic heterocycles. The average Bonchev–Trinajstić information content (AvgIpc) is 2.18. The van der Waals surface area contributed by atoms with Crippen LogP contribution in [0.15, 0.2) is 29.3 Å². The first-order valence-electron chi connectivity index (χ1n) is 4.29. The molecule has 0 unspecified atom stereocenters. The highest BCUT2D eigenvalue weighted by Gasteiger charge is 1.95. The van der Waals surface area contributed by atoms with Gasteiger partial charge in [0.15, 0.2) is 0 Å². The molecule has 0 radical (unpaired) electrons. The third-order valence-electron chi connectivity index (χ3n) is 1.83. The van der Waals surface area contributed by atoms with E-state index in [1.54, 1.807) is 0 Å². The number of benzene rings is 1. The summed E-state index contributed by atoms with van der Waals surface area (Å²) in [6.45, 7) is 4.78. The van der Waals surface area contributed by atoms with Crippen molar-refractivity contribution in [2.75, 3.05) is 6.54 Å². The summed E-state index contributed by atoms with van der Waals surface area (Å²) in [5.74, 6) is 0. The minimum absolute atomic E-state index is 0.688. The fourth-order valence-corrected chi connectivity index (χ4v) is 1.11. The molecular formula is C11H12N2. The molecule has 0 saturated carbocycles. The van der Waals surface area contributed by atoms with Crippen molar-refractivity contribution in [1.82, 2.24) is 0 Å². The van der Waals surface area contributed by atoms with Crippen LogP contribution in [0.25, 0.3) is 0 Å². The molecular weight excluding hydrogens is 160 g/mol. The van der Waals surface area contributed by atoms with Crippen molar-refractivity contribution in [3.8, 4) is 6.07 Å². The minimum atomic E-state index is 0.688. The fraction of sp³-hybridized carbons (Fsp3) is 0.273. The molecule has 13 heavy (non-hydrogen) atoms. The van der Waals surface area contributed by atoms with E-state index in [4.69, 9.17) is 5.26 Å². The number of hydrogen-bond acceptors (Lipinski definition) is 2. The van der Waals surface area contributed by atoms with Crippen LogP contribution >= 0.6 is 0 Å². The fourth-order valence-electron chi connectivity index (χ4n) is 1.11. The molecule has 66 valence electrons. The van der Waals surface area contributed by atoms with Crippen molar-refractivity contribution in [3.05, 3.63) is 35.4 Å². The number of nitriles is 1. The second-order valence-corrected chi connectivity index (χ2v) is 2.75. The number of rotatable bonds is 2. The van der Waals surface area contributed by atoms with Crippen LogP contribution in [-0.4, -0.2) is 12.3 Å². The third-order valence-corrected chi connectivity index (χ3v) is 1.83. The zero-order valence-electron chi connectivity index (χ0n) is 7.91. The maximum absolute atomic E-state index is 8.59. The molecule has 1 rings (SSSR count). The maximum Gasteiger partial charge on any atom is 0.0991 e. The first-order valence-corrected chi connectivity index (χ1v) is 4.29. The van der Waals surface area contributed by atoms with Gasteiger partial charge in [0.2, 0.25) is 0 Å². The zero-order valence-corrected chi connectivity index (χ0v) is 7.91. The maximum atomic E-state index is 8.59. The second-order valence-electron chi connectivity index (χ2n) is 2.75. The normalized spacial score (nSPS) is 11.0. The number of hydrogen-bond donors (Lipinski definition) is 0. The van der Waals surface area contributed by atoms with Gasteiger partial charge in [-0.15, -0.1) is 0 Å². The Morgan fingerprint density at radius 3 is 2.46 bits per heavy atom. The first-order chi connectivity index (χ1) is 6.27. The largest absolute Gasteiger partial charge is 0.290 e. The van der Waals surface area contributed by atoms with Crippen LogP contribution in [0.5, 0.6) is 0 Å². The van der Waals surface area contributed by atoms with Crippen molar-refractivity contribution < 1.29 is 0 Å². The standard InChI is InChI=1S/C11H12N2/c1-3-13-9(2)11-6-4-10(8-12)5-7-11/h4-7H,3H2,1-2H3/b13-9+. The zero-order chi connectivity index (χ0) is 9.68. The monoisotopic (exact) mass is 172 g/mol. The Bertz CT molecular complexity index is 341. The van der Waals surface area contributed by atoms with E-state index >= 15 is 0 Å². The van der Waals surface area contributed by atoms with Gasteiger partial charge in [0.1, 0.15) is 0 Å². The van der Waals surface area contributed by atoms with Gasteiger partial charge >= 0.3 is 0 Å². The molecule has 0 amide bonds. The molecule has 0 saturated heterocycles. The van der Waals surface area contributed by atoms with E-state index in [9.17, 15) is 0 Å². The highest BCUT2D eigenvalue weighted by molar-refractivity contribution is 5.98. The number of aliphatic imine (C=N–C) groups is 1. The van der Waals surface area contributed by atoms with Crippen molar-refractivity contribution in [3.63, 3.8) is 0 Å². The lowest BCUT2D eigenvalue weighted by atomic mass is 10.1. The lowest BCUT2D eigenvalue weighted by molar-refractivity contribution is 1.13. The quantitative estimate of drug-likeness (QED) is 0.631. The topological polar surface area (TPSA) is 36.1 Å². The second kappa shape index (κ2) is 4.42. The summed E-state index contributed by atoms with van der Waals surface area (Å²) in [5.41, 5.74) is 2.79. The molecule has 0 N–H and O–H groups in total. The van der Waals surface area contributed by atoms with Crippen molar-refractivity contribution >= 4 is 5.71 Å². The van der Waals surface area contributed by atoms with E-state index in [1.165, 1.54) is 0 Å². The van der Waals surface area contributed by atoms with Gasteiger partial charge in [-0.2, -0.15) is 5.26 Å². The molecule has 1 aromatic rings. The van der Waals surface area contributed by atoms with Gasteiger partial charge in [0.05, 0.1) is 11.6 Å². The molecule has 0 spiro atoms. The van der Waals surface area contributed by atoms with E-state index in [0.717, 1.165) is 17.8 Å². The van der Waals surface area contributed by atoms with Gasteiger partial charge in [0, 0.05) is 12.3 Å². The highest BCUT2D eigenvalue weighted by Crippen LogP contribution is 2.04. The van der Waals surface area contributed by atoms with Crippen LogP contribution in [-0.2, 0) is 0 Å². The Balaban J connectivity index is 2.94. The van der Waals surface area contributed by atoms with Crippen LogP contribution in [0, 0.1) is 11.3 Å². The lowest BCUT2D eigenvalue weighted by Crippen LogP contribution is -1.94. The molecule has 0 aromatic heterocycles. The van der Waals surface area contributed by atoms with Gasteiger partial charge in [-0.3, -0.25) is 4.99 Å². The summed E-state index contributed by atoms with van der Waals surface area (Å²) in [7, 11) is 0. The predicted octanol–water partition coefficient (Wildman–Crippen LogP) is 2.39. The Labute approximate surface area is 78.5 Å². The highest BCUT2D eigenvalue weighted by atomic mass is 14.7. The Morgan fingerprint density at radius 2 is 2.00 bits per heavy atom. The first kappa shape index (κ1) is 9.47. The Kier molecular flexibility index (Phi) is 3.22. The van der Waals surface area contributed by atoms with Crippen LogP contribution in [0.1, 0.15) is 25.0 Å². The SMILES string of the molecule is CC/N=C(\C)c1ccc(C#N)cc1. The minimum Gasteiger partial charge on any atom is -0.290 e. The summed E-state index contributed by atoms with van der Waals surface area (Å²) in [6.07, 6.45) is 0. The van der Waals surface area contributed by atoms with Crippen molar-refractivity contribution in [2.24, 2.45) is 4.99 Å². The van der Waals surface area contributed by atoms with Crippen LogP contribution in [0.4, 0.5) is 0 Å². The van der Waals surface area contributed by atoms with Gasteiger partial charge in [-0.25, -0.2) is 0 Å². The van der Waals surface area contributed by atoms with E-state index < -0.39 is 0 Å². The van der Waals surface area contributed by atoms with Gasteiger partial charge in [-0.05, 0) is 31.5 Å². The molecule has 0 bridgehead atoms. The summed E-state index contributed by atoms with van der Waals surface area (Å²) >= 11 is 0. The molecule has 2 nitrogen and oxygen atoms in total. The molecule has 0 fully saturated rings. The Morgan fingerprint density at radius 1 is 1.38 bits per heavy atom. The molecule has 0 aliphatic rings. The van der Waals surface area contributed by atoms with Crippen LogP contribution in [0.2, 0.25) is 0 Å². The van der Waals surface area contributed by atoms with Crippen molar-refractivity contribution in [2.45, 2.75) is 13.8 Å². The van der Waals surface area contributed by atoms with E-state index in [-0.39, 0.29) is 0 Å². The van der Waals surface area contributed by atoms with E-state index in [2.05, 4.69) is 11.1 Å². The third kappa shape index (κ3) is 2.41. The van der Waals surface area contributed by atoms with E-state index in [1.807, 2.05) is 38.1 Å². The van der Waals surface area contributed by atoms with Gasteiger partial charge in [0.25, 0.3) is 0 Å². The number of nitrogens with zero attached hydrogens (tertiary/aromatic N) is 2. The summed E-state index contributed by atoms with van der Waals surface area (Å²) in [6, 6.07) is 9.55. The van der Waals surface area contributed by atoms with Crippen LogP contribution in [0.3, 0.4) is 0 Å². The molecule has 1 aromatic carbocycles. The summed E-state index contributed by atoms with van der Waals surface area (Å²) in [4.78, 5) is 4.28. The van der Waals surface area contributed by atoms with Gasteiger partial charge < -0.3 is 0 Å². The lowest BCUT2D eigenvalue weighted by Gasteiger charge is -1.99. The summed E-state index contributed by atoms with van der Waals surface area (Å²) < 4.78 is 0. The smallest absolute Gasteiger partial charge is 0.0991 e. The van der Waals surface area contributed by atoms with E-state index in [0.29, 0.717) is 5.56 Å². The van der Waals surface area contributed by atoms with Crippen LogP contribution < -0.4 is 0 Å². The Hall–Kier alpha value is -1.62. The van der Waals surface area contributed by atoms with Gasteiger partial charge in [-0.1, -0.05) is 12.1 Å². The summed E-state index contributed by atoms with van der Waals surface area (Å²) in [5, 5.41) is 8.59. The predicted molar refractivity (Wildman–Crippen MR) is 53.9 cm³/mol.